The SMILES string of the molecule is CC(Nc1ccccc1N(C)C)c1cc(Cl)ccc1Cl. The van der Waals surface area contributed by atoms with Gasteiger partial charge in [0.15, 0.2) is 0 Å². The Balaban J connectivity index is 2.28. The summed E-state index contributed by atoms with van der Waals surface area (Å²) in [4.78, 5) is 2.08. The summed E-state index contributed by atoms with van der Waals surface area (Å²) in [6, 6.07) is 13.8. The summed E-state index contributed by atoms with van der Waals surface area (Å²) >= 11 is 12.3. The molecule has 1 atom stereocenters. The summed E-state index contributed by atoms with van der Waals surface area (Å²) in [6.45, 7) is 2.07. The standard InChI is InChI=1S/C16H18Cl2N2/c1-11(13-10-12(17)8-9-14(13)18)19-15-6-4-5-7-16(15)20(2)3/h4-11,19H,1-3H3. The van der Waals surface area contributed by atoms with Crippen LogP contribution in [0.5, 0.6) is 0 Å². The summed E-state index contributed by atoms with van der Waals surface area (Å²) in [5.74, 6) is 0. The Kier molecular flexibility index (Phi) is 4.79. The van der Waals surface area contributed by atoms with E-state index in [0.717, 1.165) is 22.0 Å². The van der Waals surface area contributed by atoms with Crippen molar-refractivity contribution in [2.24, 2.45) is 0 Å². The van der Waals surface area contributed by atoms with Crippen LogP contribution >= 0.6 is 23.2 Å². The first-order chi connectivity index (χ1) is 9.49. The van der Waals surface area contributed by atoms with Crippen molar-refractivity contribution in [3.63, 3.8) is 0 Å². The predicted molar refractivity (Wildman–Crippen MR) is 89.3 cm³/mol. The molecule has 4 heteroatoms. The molecular formula is C16H18Cl2N2. The molecule has 106 valence electrons. The molecule has 0 fully saturated rings. The number of hydrogen-bond acceptors (Lipinski definition) is 2. The second-order valence-electron chi connectivity index (χ2n) is 4.94. The fraction of sp³-hybridized carbons (Fsp3) is 0.250. The lowest BCUT2D eigenvalue weighted by molar-refractivity contribution is 0.883. The van der Waals surface area contributed by atoms with E-state index in [0.29, 0.717) is 5.02 Å². The average Bonchev–Trinajstić information content (AvgIpc) is 2.41. The van der Waals surface area contributed by atoms with Crippen LogP contribution in [0.15, 0.2) is 42.5 Å². The maximum atomic E-state index is 6.25. The first-order valence-corrected chi connectivity index (χ1v) is 7.22. The minimum Gasteiger partial charge on any atom is -0.377 e. The van der Waals surface area contributed by atoms with E-state index in [-0.39, 0.29) is 6.04 Å². The zero-order valence-electron chi connectivity index (χ0n) is 11.8. The van der Waals surface area contributed by atoms with Crippen molar-refractivity contribution in [3.8, 4) is 0 Å². The predicted octanol–water partition coefficient (Wildman–Crippen LogP) is 5.23. The normalized spacial score (nSPS) is 12.1. The Morgan fingerprint density at radius 3 is 2.45 bits per heavy atom. The molecule has 1 N–H and O–H groups in total. The number of anilines is 2. The van der Waals surface area contributed by atoms with Crippen molar-refractivity contribution in [1.82, 2.24) is 0 Å². The summed E-state index contributed by atoms with van der Waals surface area (Å²) in [6.07, 6.45) is 0. The molecular weight excluding hydrogens is 291 g/mol. The quantitative estimate of drug-likeness (QED) is 0.831. The van der Waals surface area contributed by atoms with Crippen molar-refractivity contribution >= 4 is 34.6 Å². The molecule has 0 aliphatic rings. The Morgan fingerprint density at radius 2 is 1.75 bits per heavy atom. The third-order valence-electron chi connectivity index (χ3n) is 3.18. The van der Waals surface area contributed by atoms with Crippen LogP contribution in [0.25, 0.3) is 0 Å². The lowest BCUT2D eigenvalue weighted by Crippen LogP contribution is -2.14. The molecule has 0 bridgehead atoms. The highest BCUT2D eigenvalue weighted by Crippen LogP contribution is 2.31. The minimum atomic E-state index is 0.0716. The molecule has 2 rings (SSSR count). The van der Waals surface area contributed by atoms with Gasteiger partial charge >= 0.3 is 0 Å². The van der Waals surface area contributed by atoms with Crippen molar-refractivity contribution in [3.05, 3.63) is 58.1 Å². The highest BCUT2D eigenvalue weighted by Gasteiger charge is 2.12. The first-order valence-electron chi connectivity index (χ1n) is 6.47. The van der Waals surface area contributed by atoms with Crippen LogP contribution in [-0.2, 0) is 0 Å². The zero-order valence-corrected chi connectivity index (χ0v) is 13.3. The van der Waals surface area contributed by atoms with Crippen LogP contribution < -0.4 is 10.2 Å². The Morgan fingerprint density at radius 1 is 1.05 bits per heavy atom. The van der Waals surface area contributed by atoms with E-state index in [1.807, 2.05) is 38.4 Å². The maximum absolute atomic E-state index is 6.25. The second kappa shape index (κ2) is 6.38. The lowest BCUT2D eigenvalue weighted by Gasteiger charge is -2.22. The smallest absolute Gasteiger partial charge is 0.0596 e. The van der Waals surface area contributed by atoms with Gasteiger partial charge in [-0.1, -0.05) is 35.3 Å². The van der Waals surface area contributed by atoms with Crippen molar-refractivity contribution in [2.75, 3.05) is 24.3 Å². The van der Waals surface area contributed by atoms with Gasteiger partial charge in [-0.15, -0.1) is 0 Å². The second-order valence-corrected chi connectivity index (χ2v) is 5.79. The van der Waals surface area contributed by atoms with Gasteiger partial charge in [-0.25, -0.2) is 0 Å². The Bertz CT molecular complexity index is 597. The number of nitrogens with zero attached hydrogens (tertiary/aromatic N) is 1. The van der Waals surface area contributed by atoms with Crippen molar-refractivity contribution in [2.45, 2.75) is 13.0 Å². The van der Waals surface area contributed by atoms with Crippen LogP contribution in [0.1, 0.15) is 18.5 Å². The largest absolute Gasteiger partial charge is 0.377 e. The van der Waals surface area contributed by atoms with Crippen LogP contribution in [0.4, 0.5) is 11.4 Å². The maximum Gasteiger partial charge on any atom is 0.0596 e. The van der Waals surface area contributed by atoms with Gasteiger partial charge in [0.25, 0.3) is 0 Å². The summed E-state index contributed by atoms with van der Waals surface area (Å²) in [7, 11) is 4.05. The van der Waals surface area contributed by atoms with Crippen molar-refractivity contribution in [1.29, 1.82) is 0 Å². The molecule has 1 unspecified atom stereocenters. The van der Waals surface area contributed by atoms with Gasteiger partial charge < -0.3 is 10.2 Å². The van der Waals surface area contributed by atoms with E-state index in [1.165, 1.54) is 0 Å². The molecule has 0 aliphatic carbocycles. The minimum absolute atomic E-state index is 0.0716. The molecule has 0 heterocycles. The van der Waals surface area contributed by atoms with E-state index >= 15 is 0 Å². The van der Waals surface area contributed by atoms with Gasteiger partial charge in [-0.2, -0.15) is 0 Å². The molecule has 2 aromatic carbocycles. The number of benzene rings is 2. The molecule has 2 nitrogen and oxygen atoms in total. The number of rotatable bonds is 4. The molecule has 0 radical (unpaired) electrons. The third-order valence-corrected chi connectivity index (χ3v) is 3.76. The van der Waals surface area contributed by atoms with Gasteiger partial charge in [-0.3, -0.25) is 0 Å². The number of hydrogen-bond donors (Lipinski definition) is 1. The molecule has 0 spiro atoms. The summed E-state index contributed by atoms with van der Waals surface area (Å²) < 4.78 is 0. The van der Waals surface area contributed by atoms with Gasteiger partial charge in [0.05, 0.1) is 17.4 Å². The highest BCUT2D eigenvalue weighted by molar-refractivity contribution is 6.33. The molecule has 0 saturated carbocycles. The number of nitrogens with one attached hydrogen (secondary N) is 1. The monoisotopic (exact) mass is 308 g/mol. The zero-order chi connectivity index (χ0) is 14.7. The van der Waals surface area contributed by atoms with Crippen molar-refractivity contribution < 1.29 is 0 Å². The number of para-hydroxylation sites is 2. The highest BCUT2D eigenvalue weighted by atomic mass is 35.5. The van der Waals surface area contributed by atoms with Gasteiger partial charge in [0, 0.05) is 24.1 Å². The number of halogens is 2. The van der Waals surface area contributed by atoms with Gasteiger partial charge in [0.1, 0.15) is 0 Å². The lowest BCUT2D eigenvalue weighted by atomic mass is 10.1. The molecule has 0 aliphatic heterocycles. The van der Waals surface area contributed by atoms with Crippen LogP contribution in [-0.4, -0.2) is 14.1 Å². The summed E-state index contributed by atoms with van der Waals surface area (Å²) in [5.41, 5.74) is 3.20. The van der Waals surface area contributed by atoms with Crippen LogP contribution in [0.3, 0.4) is 0 Å². The third kappa shape index (κ3) is 3.38. The van der Waals surface area contributed by atoms with Crippen LogP contribution in [0, 0.1) is 0 Å². The molecule has 0 aromatic heterocycles. The average molecular weight is 309 g/mol. The van der Waals surface area contributed by atoms with E-state index < -0.39 is 0 Å². The van der Waals surface area contributed by atoms with Gasteiger partial charge in [-0.05, 0) is 42.8 Å². The van der Waals surface area contributed by atoms with E-state index in [1.54, 1.807) is 6.07 Å². The fourth-order valence-corrected chi connectivity index (χ4v) is 2.60. The molecule has 20 heavy (non-hydrogen) atoms. The van der Waals surface area contributed by atoms with E-state index in [2.05, 4.69) is 29.3 Å². The van der Waals surface area contributed by atoms with Gasteiger partial charge in [0.2, 0.25) is 0 Å². The topological polar surface area (TPSA) is 15.3 Å². The first kappa shape index (κ1) is 15.0. The fourth-order valence-electron chi connectivity index (χ4n) is 2.14. The Hall–Kier alpha value is -1.38. The van der Waals surface area contributed by atoms with Crippen LogP contribution in [0.2, 0.25) is 10.0 Å². The van der Waals surface area contributed by atoms with E-state index in [9.17, 15) is 0 Å². The summed E-state index contributed by atoms with van der Waals surface area (Å²) in [5, 5.41) is 4.90. The Labute approximate surface area is 130 Å². The molecule has 0 amide bonds. The van der Waals surface area contributed by atoms with E-state index in [4.69, 9.17) is 23.2 Å². The molecule has 2 aromatic rings. The molecule has 0 saturated heterocycles.